The molecule has 1 aliphatic heterocycles. The molecule has 0 radical (unpaired) electrons. The van der Waals surface area contributed by atoms with E-state index in [4.69, 9.17) is 9.47 Å². The Labute approximate surface area is 161 Å². The van der Waals surface area contributed by atoms with Crippen LogP contribution in [0.15, 0.2) is 53.4 Å². The summed E-state index contributed by atoms with van der Waals surface area (Å²) in [6.45, 7) is 5.99. The minimum absolute atomic E-state index is 0.297. The van der Waals surface area contributed by atoms with Crippen LogP contribution >= 0.6 is 0 Å². The van der Waals surface area contributed by atoms with Crippen LogP contribution in [0.2, 0.25) is 0 Å². The molecule has 3 rings (SSSR count). The van der Waals surface area contributed by atoms with Crippen molar-refractivity contribution >= 4 is 15.7 Å². The molecular weight excluding hydrogens is 364 g/mol. The van der Waals surface area contributed by atoms with Gasteiger partial charge in [-0.15, -0.1) is 0 Å². The number of ether oxygens (including phenoxy) is 2. The van der Waals surface area contributed by atoms with E-state index in [9.17, 15) is 8.42 Å². The summed E-state index contributed by atoms with van der Waals surface area (Å²) in [5, 5.41) is 0. The highest BCUT2D eigenvalue weighted by molar-refractivity contribution is 7.92. The summed E-state index contributed by atoms with van der Waals surface area (Å²) < 4.78 is 38.7. The molecule has 0 spiro atoms. The molecule has 0 N–H and O–H groups in total. The van der Waals surface area contributed by atoms with E-state index in [2.05, 4.69) is 4.90 Å². The number of morpholine rings is 1. The zero-order valence-electron chi connectivity index (χ0n) is 15.8. The van der Waals surface area contributed by atoms with E-state index >= 15 is 0 Å². The van der Waals surface area contributed by atoms with Crippen LogP contribution in [0.1, 0.15) is 5.56 Å². The van der Waals surface area contributed by atoms with Gasteiger partial charge in [0.1, 0.15) is 5.75 Å². The van der Waals surface area contributed by atoms with E-state index in [1.165, 1.54) is 4.31 Å². The van der Waals surface area contributed by atoms with Crippen molar-refractivity contribution in [2.24, 2.45) is 0 Å². The van der Waals surface area contributed by atoms with Gasteiger partial charge in [0.15, 0.2) is 0 Å². The summed E-state index contributed by atoms with van der Waals surface area (Å²) >= 11 is 0. The van der Waals surface area contributed by atoms with E-state index in [1.54, 1.807) is 43.5 Å². The first-order chi connectivity index (χ1) is 13.0. The maximum Gasteiger partial charge on any atom is 0.264 e. The normalized spacial score (nSPS) is 15.5. The topological polar surface area (TPSA) is 59.1 Å². The molecule has 1 heterocycles. The van der Waals surface area contributed by atoms with Crippen molar-refractivity contribution < 1.29 is 17.9 Å². The molecule has 1 aliphatic rings. The van der Waals surface area contributed by atoms with Gasteiger partial charge in [-0.3, -0.25) is 9.21 Å². The van der Waals surface area contributed by atoms with Crippen molar-refractivity contribution in [2.45, 2.75) is 11.8 Å². The first kappa shape index (κ1) is 19.7. The number of nitrogens with zero attached hydrogens (tertiary/aromatic N) is 2. The monoisotopic (exact) mass is 390 g/mol. The Morgan fingerprint density at radius 2 is 1.67 bits per heavy atom. The highest BCUT2D eigenvalue weighted by atomic mass is 32.2. The second-order valence-corrected chi connectivity index (χ2v) is 8.40. The Morgan fingerprint density at radius 1 is 1.04 bits per heavy atom. The number of sulfonamides is 1. The number of hydrogen-bond donors (Lipinski definition) is 0. The fourth-order valence-corrected chi connectivity index (χ4v) is 4.49. The molecule has 0 unspecified atom stereocenters. The van der Waals surface area contributed by atoms with Gasteiger partial charge in [0, 0.05) is 26.2 Å². The molecule has 27 heavy (non-hydrogen) atoms. The van der Waals surface area contributed by atoms with E-state index in [-0.39, 0.29) is 0 Å². The Hall–Kier alpha value is -2.09. The van der Waals surface area contributed by atoms with Gasteiger partial charge >= 0.3 is 0 Å². The van der Waals surface area contributed by atoms with Crippen LogP contribution in [0.4, 0.5) is 5.69 Å². The number of benzene rings is 2. The maximum absolute atomic E-state index is 13.3. The van der Waals surface area contributed by atoms with Crippen LogP contribution in [-0.2, 0) is 14.8 Å². The summed E-state index contributed by atoms with van der Waals surface area (Å²) in [5.74, 6) is 0.694. The van der Waals surface area contributed by atoms with Crippen molar-refractivity contribution in [3.8, 4) is 5.75 Å². The molecule has 0 amide bonds. The summed E-state index contributed by atoms with van der Waals surface area (Å²) in [6.07, 6.45) is 0. The number of hydrogen-bond acceptors (Lipinski definition) is 5. The third-order valence-electron chi connectivity index (χ3n) is 4.69. The van der Waals surface area contributed by atoms with Crippen LogP contribution < -0.4 is 9.04 Å². The highest BCUT2D eigenvalue weighted by Gasteiger charge is 2.26. The molecular formula is C20H26N2O4S. The largest absolute Gasteiger partial charge is 0.497 e. The first-order valence-electron chi connectivity index (χ1n) is 9.04. The first-order valence-corrected chi connectivity index (χ1v) is 10.5. The quantitative estimate of drug-likeness (QED) is 0.727. The van der Waals surface area contributed by atoms with Crippen molar-refractivity contribution in [3.05, 3.63) is 54.1 Å². The number of aryl methyl sites for hydroxylation is 1. The standard InChI is InChI=1S/C20H26N2O4S/c1-17-3-9-20(10-4-17)27(23,24)22(12-11-21-13-15-26-16-14-21)18-5-7-19(25-2)8-6-18/h3-10H,11-16H2,1-2H3. The number of rotatable bonds is 7. The van der Waals surface area contributed by atoms with Crippen LogP contribution in [0.25, 0.3) is 0 Å². The van der Waals surface area contributed by atoms with Gasteiger partial charge < -0.3 is 9.47 Å². The average Bonchev–Trinajstić information content (AvgIpc) is 2.69. The summed E-state index contributed by atoms with van der Waals surface area (Å²) in [7, 11) is -2.07. The fraction of sp³-hybridized carbons (Fsp3) is 0.400. The molecule has 1 saturated heterocycles. The SMILES string of the molecule is COc1ccc(N(CCN2CCOCC2)S(=O)(=O)c2ccc(C)cc2)cc1. The molecule has 0 bridgehead atoms. The average molecular weight is 391 g/mol. The molecule has 7 heteroatoms. The van der Waals surface area contributed by atoms with Crippen LogP contribution in [0, 0.1) is 6.92 Å². The Bertz CT molecular complexity index is 829. The zero-order chi connectivity index (χ0) is 19.3. The van der Waals surface area contributed by atoms with Crippen molar-refractivity contribution in [1.82, 2.24) is 4.90 Å². The molecule has 1 fully saturated rings. The fourth-order valence-electron chi connectivity index (χ4n) is 3.03. The zero-order valence-corrected chi connectivity index (χ0v) is 16.6. The predicted molar refractivity (Wildman–Crippen MR) is 106 cm³/mol. The molecule has 0 atom stereocenters. The Balaban J connectivity index is 1.88. The Kier molecular flexibility index (Phi) is 6.36. The van der Waals surface area contributed by atoms with Gasteiger partial charge in [-0.25, -0.2) is 8.42 Å². The molecule has 0 aliphatic carbocycles. The van der Waals surface area contributed by atoms with E-state index < -0.39 is 10.0 Å². The Morgan fingerprint density at radius 3 is 2.26 bits per heavy atom. The predicted octanol–water partition coefficient (Wildman–Crippen LogP) is 2.53. The molecule has 2 aromatic rings. The van der Waals surface area contributed by atoms with E-state index in [0.29, 0.717) is 42.6 Å². The minimum atomic E-state index is -3.66. The third-order valence-corrected chi connectivity index (χ3v) is 6.53. The van der Waals surface area contributed by atoms with Crippen LogP contribution in [-0.4, -0.2) is 59.8 Å². The van der Waals surface area contributed by atoms with Crippen molar-refractivity contribution in [2.75, 3.05) is 50.8 Å². The lowest BCUT2D eigenvalue weighted by atomic mass is 10.2. The van der Waals surface area contributed by atoms with Crippen LogP contribution in [0.5, 0.6) is 5.75 Å². The lowest BCUT2D eigenvalue weighted by Gasteiger charge is -2.30. The van der Waals surface area contributed by atoms with Crippen molar-refractivity contribution in [1.29, 1.82) is 0 Å². The summed E-state index contributed by atoms with van der Waals surface area (Å²) in [5.41, 5.74) is 1.66. The lowest BCUT2D eigenvalue weighted by molar-refractivity contribution is 0.0395. The van der Waals surface area contributed by atoms with Crippen LogP contribution in [0.3, 0.4) is 0 Å². The molecule has 0 aromatic heterocycles. The van der Waals surface area contributed by atoms with Gasteiger partial charge in [-0.1, -0.05) is 17.7 Å². The third kappa shape index (κ3) is 4.80. The molecule has 0 saturated carbocycles. The van der Waals surface area contributed by atoms with Gasteiger partial charge in [0.05, 0.1) is 30.9 Å². The van der Waals surface area contributed by atoms with Gasteiger partial charge in [0.2, 0.25) is 0 Å². The molecule has 6 nitrogen and oxygen atoms in total. The molecule has 146 valence electrons. The van der Waals surface area contributed by atoms with E-state index in [0.717, 1.165) is 18.7 Å². The van der Waals surface area contributed by atoms with Gasteiger partial charge in [0.25, 0.3) is 10.0 Å². The smallest absolute Gasteiger partial charge is 0.264 e. The maximum atomic E-state index is 13.3. The van der Waals surface area contributed by atoms with Gasteiger partial charge in [-0.2, -0.15) is 0 Å². The lowest BCUT2D eigenvalue weighted by Crippen LogP contribution is -2.43. The number of methoxy groups -OCH3 is 1. The van der Waals surface area contributed by atoms with Gasteiger partial charge in [-0.05, 0) is 43.3 Å². The van der Waals surface area contributed by atoms with E-state index in [1.807, 2.05) is 19.1 Å². The van der Waals surface area contributed by atoms with Crippen molar-refractivity contribution in [3.63, 3.8) is 0 Å². The minimum Gasteiger partial charge on any atom is -0.497 e. The number of anilines is 1. The second-order valence-electron chi connectivity index (χ2n) is 6.54. The summed E-state index contributed by atoms with van der Waals surface area (Å²) in [6, 6.07) is 14.1. The highest BCUT2D eigenvalue weighted by Crippen LogP contribution is 2.26. The summed E-state index contributed by atoms with van der Waals surface area (Å²) in [4.78, 5) is 2.52. The molecule has 2 aromatic carbocycles. The second kappa shape index (κ2) is 8.73.